The van der Waals surface area contributed by atoms with E-state index in [-0.39, 0.29) is 10.8 Å². The molecule has 5 nitrogen and oxygen atoms in total. The van der Waals surface area contributed by atoms with E-state index in [1.165, 1.54) is 12.1 Å². The standard InChI is InChI=1S/C12H11FN2O3S/c13-8-4-6-9(7-5-8)19(16,17)15-12-10-2-1-3-11(10)14-18-12/h4-7,15H,1-3H2. The first-order valence-electron chi connectivity index (χ1n) is 5.82. The first kappa shape index (κ1) is 12.2. The lowest BCUT2D eigenvalue weighted by Gasteiger charge is -2.05. The molecule has 1 aliphatic rings. The Morgan fingerprint density at radius 2 is 1.95 bits per heavy atom. The highest BCUT2D eigenvalue weighted by Crippen LogP contribution is 2.29. The number of hydrogen-bond donors (Lipinski definition) is 1. The summed E-state index contributed by atoms with van der Waals surface area (Å²) in [5.74, 6) is -0.323. The summed E-state index contributed by atoms with van der Waals surface area (Å²) >= 11 is 0. The third-order valence-corrected chi connectivity index (χ3v) is 4.41. The van der Waals surface area contributed by atoms with Crippen LogP contribution >= 0.6 is 0 Å². The van der Waals surface area contributed by atoms with E-state index >= 15 is 0 Å². The molecule has 3 rings (SSSR count). The van der Waals surface area contributed by atoms with E-state index in [1.54, 1.807) is 0 Å². The number of fused-ring (bicyclic) bond motifs is 1. The van der Waals surface area contributed by atoms with E-state index in [1.807, 2.05) is 0 Å². The molecule has 2 aromatic rings. The zero-order valence-electron chi connectivity index (χ0n) is 9.89. The molecule has 1 aromatic heterocycles. The number of aryl methyl sites for hydroxylation is 1. The third-order valence-electron chi connectivity index (χ3n) is 3.06. The Kier molecular flexibility index (Phi) is 2.78. The van der Waals surface area contributed by atoms with Gasteiger partial charge in [0.1, 0.15) is 5.82 Å². The second-order valence-corrected chi connectivity index (χ2v) is 6.03. The molecule has 0 aliphatic heterocycles. The summed E-state index contributed by atoms with van der Waals surface area (Å²) in [4.78, 5) is -0.0166. The number of sulfonamides is 1. The van der Waals surface area contributed by atoms with Crippen molar-refractivity contribution in [2.75, 3.05) is 4.72 Å². The highest BCUT2D eigenvalue weighted by Gasteiger charge is 2.25. The Morgan fingerprint density at radius 3 is 2.68 bits per heavy atom. The van der Waals surface area contributed by atoms with Crippen LogP contribution in [0.3, 0.4) is 0 Å². The van der Waals surface area contributed by atoms with Crippen LogP contribution in [0.1, 0.15) is 17.7 Å². The number of nitrogens with zero attached hydrogens (tertiary/aromatic N) is 1. The zero-order chi connectivity index (χ0) is 13.5. The molecule has 1 aliphatic carbocycles. The van der Waals surface area contributed by atoms with Crippen molar-refractivity contribution >= 4 is 15.9 Å². The van der Waals surface area contributed by atoms with Gasteiger partial charge in [-0.2, -0.15) is 0 Å². The van der Waals surface area contributed by atoms with Crippen molar-refractivity contribution in [3.8, 4) is 0 Å². The number of rotatable bonds is 3. The molecule has 100 valence electrons. The van der Waals surface area contributed by atoms with Gasteiger partial charge < -0.3 is 4.52 Å². The molecule has 1 N–H and O–H groups in total. The van der Waals surface area contributed by atoms with Crippen LogP contribution in [0.15, 0.2) is 33.7 Å². The van der Waals surface area contributed by atoms with Crippen LogP contribution in [0.4, 0.5) is 10.3 Å². The summed E-state index contributed by atoms with van der Waals surface area (Å²) in [6, 6.07) is 4.60. The number of nitrogens with one attached hydrogen (secondary N) is 1. The molecule has 19 heavy (non-hydrogen) atoms. The maximum atomic E-state index is 12.8. The Bertz CT molecular complexity index is 707. The molecule has 0 saturated carbocycles. The van der Waals surface area contributed by atoms with Crippen molar-refractivity contribution in [1.82, 2.24) is 5.16 Å². The Hall–Kier alpha value is -1.89. The summed E-state index contributed by atoms with van der Waals surface area (Å²) in [5, 5.41) is 3.83. The van der Waals surface area contributed by atoms with Crippen molar-refractivity contribution < 1.29 is 17.3 Å². The molecule has 1 aromatic carbocycles. The average Bonchev–Trinajstić information content (AvgIpc) is 2.95. The largest absolute Gasteiger partial charge is 0.337 e. The van der Waals surface area contributed by atoms with Gasteiger partial charge in [-0.05, 0) is 43.5 Å². The molecule has 0 saturated heterocycles. The fourth-order valence-corrected chi connectivity index (χ4v) is 3.12. The van der Waals surface area contributed by atoms with Crippen molar-refractivity contribution in [2.24, 2.45) is 0 Å². The summed E-state index contributed by atoms with van der Waals surface area (Å²) in [6.45, 7) is 0. The van der Waals surface area contributed by atoms with Crippen molar-refractivity contribution in [1.29, 1.82) is 0 Å². The average molecular weight is 282 g/mol. The fourth-order valence-electron chi connectivity index (χ4n) is 2.10. The van der Waals surface area contributed by atoms with Crippen LogP contribution in [0.5, 0.6) is 0 Å². The van der Waals surface area contributed by atoms with E-state index < -0.39 is 15.8 Å². The SMILES string of the molecule is O=S(=O)(Nc1onc2c1CCC2)c1ccc(F)cc1. The van der Waals surface area contributed by atoms with E-state index in [0.717, 1.165) is 42.7 Å². The lowest BCUT2D eigenvalue weighted by atomic mass is 10.3. The van der Waals surface area contributed by atoms with Gasteiger partial charge >= 0.3 is 0 Å². The molecule has 0 spiro atoms. The van der Waals surface area contributed by atoms with Crippen LogP contribution in [0.2, 0.25) is 0 Å². The molecule has 0 amide bonds. The van der Waals surface area contributed by atoms with Crippen molar-refractivity contribution in [2.45, 2.75) is 24.2 Å². The maximum Gasteiger partial charge on any atom is 0.264 e. The smallest absolute Gasteiger partial charge is 0.264 e. The lowest BCUT2D eigenvalue weighted by Crippen LogP contribution is -2.13. The van der Waals surface area contributed by atoms with Gasteiger partial charge in [0.15, 0.2) is 0 Å². The minimum Gasteiger partial charge on any atom is -0.337 e. The number of aromatic nitrogens is 1. The van der Waals surface area contributed by atoms with Gasteiger partial charge in [0.25, 0.3) is 10.0 Å². The topological polar surface area (TPSA) is 72.2 Å². The summed E-state index contributed by atoms with van der Waals surface area (Å²) in [6.07, 6.45) is 2.50. The van der Waals surface area contributed by atoms with Crippen LogP contribution in [0, 0.1) is 5.82 Å². The van der Waals surface area contributed by atoms with Gasteiger partial charge in [-0.25, -0.2) is 17.5 Å². The first-order valence-corrected chi connectivity index (χ1v) is 7.30. The molecule has 7 heteroatoms. The van der Waals surface area contributed by atoms with Crippen molar-refractivity contribution in [3.05, 3.63) is 41.3 Å². The third kappa shape index (κ3) is 2.21. The highest BCUT2D eigenvalue weighted by molar-refractivity contribution is 7.92. The molecule has 0 fully saturated rings. The Balaban J connectivity index is 1.91. The Morgan fingerprint density at radius 1 is 1.21 bits per heavy atom. The van der Waals surface area contributed by atoms with Gasteiger partial charge in [-0.1, -0.05) is 5.16 Å². The van der Waals surface area contributed by atoms with Crippen LogP contribution in [-0.4, -0.2) is 13.6 Å². The predicted octanol–water partition coefficient (Wildman–Crippen LogP) is 2.10. The van der Waals surface area contributed by atoms with E-state index in [2.05, 4.69) is 9.88 Å². The molecular weight excluding hydrogens is 271 g/mol. The molecular formula is C12H11FN2O3S. The van der Waals surface area contributed by atoms with E-state index in [0.29, 0.717) is 0 Å². The molecule has 1 heterocycles. The second-order valence-electron chi connectivity index (χ2n) is 4.35. The maximum absolute atomic E-state index is 12.8. The Labute approximate surface area is 109 Å². The number of benzene rings is 1. The number of halogens is 1. The van der Waals surface area contributed by atoms with Crippen molar-refractivity contribution in [3.63, 3.8) is 0 Å². The number of anilines is 1. The summed E-state index contributed by atoms with van der Waals surface area (Å²) in [7, 11) is -3.77. The van der Waals surface area contributed by atoms with Gasteiger partial charge in [0.05, 0.1) is 10.6 Å². The first-order chi connectivity index (χ1) is 9.06. The minimum atomic E-state index is -3.77. The highest BCUT2D eigenvalue weighted by atomic mass is 32.2. The van der Waals surface area contributed by atoms with E-state index in [4.69, 9.17) is 4.52 Å². The summed E-state index contributed by atoms with van der Waals surface area (Å²) in [5.41, 5.74) is 1.61. The zero-order valence-corrected chi connectivity index (χ0v) is 10.7. The monoisotopic (exact) mass is 282 g/mol. The summed E-state index contributed by atoms with van der Waals surface area (Å²) < 4.78 is 44.3. The predicted molar refractivity (Wildman–Crippen MR) is 65.7 cm³/mol. The molecule has 0 radical (unpaired) electrons. The van der Waals surface area contributed by atoms with Gasteiger partial charge in [0, 0.05) is 5.56 Å². The minimum absolute atomic E-state index is 0.0166. The van der Waals surface area contributed by atoms with E-state index in [9.17, 15) is 12.8 Å². The molecule has 0 atom stereocenters. The van der Waals surface area contributed by atoms with Crippen LogP contribution < -0.4 is 4.72 Å². The normalized spacial score (nSPS) is 14.4. The van der Waals surface area contributed by atoms with Crippen LogP contribution in [-0.2, 0) is 22.9 Å². The molecule has 0 unspecified atom stereocenters. The quantitative estimate of drug-likeness (QED) is 0.935. The van der Waals surface area contributed by atoms with Gasteiger partial charge in [0.2, 0.25) is 5.88 Å². The molecule has 0 bridgehead atoms. The fraction of sp³-hybridized carbons (Fsp3) is 0.250. The van der Waals surface area contributed by atoms with Crippen LogP contribution in [0.25, 0.3) is 0 Å². The number of hydrogen-bond acceptors (Lipinski definition) is 4. The van der Waals surface area contributed by atoms with Gasteiger partial charge in [-0.3, -0.25) is 0 Å². The lowest BCUT2D eigenvalue weighted by molar-refractivity contribution is 0.424. The second kappa shape index (κ2) is 4.34. The van der Waals surface area contributed by atoms with Gasteiger partial charge in [-0.15, -0.1) is 0 Å².